The van der Waals surface area contributed by atoms with Gasteiger partial charge in [0.25, 0.3) is 10.0 Å². The lowest BCUT2D eigenvalue weighted by molar-refractivity contribution is 0.0601. The van der Waals surface area contributed by atoms with Crippen molar-refractivity contribution < 1.29 is 17.9 Å². The summed E-state index contributed by atoms with van der Waals surface area (Å²) in [6.45, 7) is 13.6. The normalized spacial score (nSPS) is 17.0. The summed E-state index contributed by atoms with van der Waals surface area (Å²) in [6, 6.07) is 18.5. The summed E-state index contributed by atoms with van der Waals surface area (Å²) in [5, 5.41) is 3.33. The number of benzene rings is 2. The van der Waals surface area contributed by atoms with Crippen molar-refractivity contribution in [1.29, 1.82) is 0 Å². The minimum atomic E-state index is -3.75. The van der Waals surface area contributed by atoms with Crippen molar-refractivity contribution >= 4 is 33.7 Å². The molecule has 238 valence electrons. The van der Waals surface area contributed by atoms with Crippen LogP contribution in [0.25, 0.3) is 11.8 Å². The van der Waals surface area contributed by atoms with E-state index in [9.17, 15) is 13.2 Å². The van der Waals surface area contributed by atoms with Gasteiger partial charge in [0.05, 0.1) is 22.5 Å². The van der Waals surface area contributed by atoms with E-state index in [1.807, 2.05) is 49.4 Å². The van der Waals surface area contributed by atoms with E-state index in [1.54, 1.807) is 41.4 Å². The SMILES string of the molecule is C=C(NC(C)=NC(C)CC(C)N1CCN(C(=O)OCc2ccccc2)CC1)c1cn(S(=O)(=O)c2ccccc2)c2c1CCC=C2. The fourth-order valence-electron chi connectivity index (χ4n) is 6.06. The summed E-state index contributed by atoms with van der Waals surface area (Å²) in [5.41, 5.74) is 4.02. The number of nitrogens with one attached hydrogen (secondary N) is 1. The highest BCUT2D eigenvalue weighted by Crippen LogP contribution is 2.31. The zero-order chi connectivity index (χ0) is 32.0. The second-order valence-electron chi connectivity index (χ2n) is 11.8. The predicted molar refractivity (Wildman–Crippen MR) is 179 cm³/mol. The van der Waals surface area contributed by atoms with Gasteiger partial charge in [-0.15, -0.1) is 0 Å². The van der Waals surface area contributed by atoms with Gasteiger partial charge < -0.3 is 15.0 Å². The molecule has 1 aliphatic carbocycles. The molecule has 2 aromatic carbocycles. The van der Waals surface area contributed by atoms with Gasteiger partial charge in [-0.2, -0.15) is 0 Å². The van der Waals surface area contributed by atoms with Crippen LogP contribution in [-0.2, 0) is 27.8 Å². The van der Waals surface area contributed by atoms with Crippen LogP contribution in [0.3, 0.4) is 0 Å². The number of fused-ring (bicyclic) bond motifs is 1. The first-order chi connectivity index (χ1) is 21.6. The molecule has 10 heteroatoms. The van der Waals surface area contributed by atoms with Crippen LogP contribution in [0.5, 0.6) is 0 Å². The minimum absolute atomic E-state index is 0.0501. The Morgan fingerprint density at radius 2 is 1.69 bits per heavy atom. The smallest absolute Gasteiger partial charge is 0.410 e. The number of carbonyl (C=O) groups excluding carboxylic acids is 1. The van der Waals surface area contributed by atoms with Crippen LogP contribution in [0, 0.1) is 0 Å². The topological polar surface area (TPSA) is 96.2 Å². The number of hydrogen-bond donors (Lipinski definition) is 1. The zero-order valence-electron chi connectivity index (χ0n) is 26.4. The molecule has 5 rings (SSSR count). The number of piperazine rings is 1. The largest absolute Gasteiger partial charge is 0.445 e. The van der Waals surface area contributed by atoms with Gasteiger partial charge in [0.2, 0.25) is 0 Å². The first-order valence-electron chi connectivity index (χ1n) is 15.5. The predicted octanol–water partition coefficient (Wildman–Crippen LogP) is 5.78. The number of aromatic nitrogens is 1. The molecule has 3 aromatic rings. The molecule has 9 nitrogen and oxygen atoms in total. The molecule has 1 amide bonds. The molecular formula is C35H43N5O4S. The maximum absolute atomic E-state index is 13.5. The van der Waals surface area contributed by atoms with Crippen LogP contribution in [-0.4, -0.2) is 72.4 Å². The van der Waals surface area contributed by atoms with Crippen molar-refractivity contribution in [2.24, 2.45) is 4.99 Å². The molecule has 2 atom stereocenters. The Morgan fingerprint density at radius 1 is 1.02 bits per heavy atom. The molecule has 1 fully saturated rings. The first kappa shape index (κ1) is 32.2. The molecule has 1 aliphatic heterocycles. The van der Waals surface area contributed by atoms with Crippen molar-refractivity contribution in [2.45, 2.75) is 63.6 Å². The lowest BCUT2D eigenvalue weighted by atomic mass is 9.99. The summed E-state index contributed by atoms with van der Waals surface area (Å²) in [5.74, 6) is 0.726. The Labute approximate surface area is 267 Å². The van der Waals surface area contributed by atoms with Crippen LogP contribution >= 0.6 is 0 Å². The van der Waals surface area contributed by atoms with E-state index in [-0.39, 0.29) is 23.6 Å². The van der Waals surface area contributed by atoms with Gasteiger partial charge >= 0.3 is 6.09 Å². The Bertz CT molecular complexity index is 1660. The third-order valence-electron chi connectivity index (χ3n) is 8.41. The average Bonchev–Trinajstić information content (AvgIpc) is 3.45. The van der Waals surface area contributed by atoms with E-state index in [2.05, 4.69) is 30.6 Å². The fraction of sp³-hybridized carbons (Fsp3) is 0.371. The van der Waals surface area contributed by atoms with Crippen LogP contribution in [0.4, 0.5) is 4.79 Å². The molecule has 2 heterocycles. The fourth-order valence-corrected chi connectivity index (χ4v) is 7.46. The number of hydrogen-bond acceptors (Lipinski definition) is 6. The zero-order valence-corrected chi connectivity index (χ0v) is 27.2. The molecule has 1 N–H and O–H groups in total. The highest BCUT2D eigenvalue weighted by atomic mass is 32.2. The van der Waals surface area contributed by atoms with Gasteiger partial charge in [0, 0.05) is 49.7 Å². The lowest BCUT2D eigenvalue weighted by Gasteiger charge is -2.38. The van der Waals surface area contributed by atoms with E-state index < -0.39 is 10.0 Å². The summed E-state index contributed by atoms with van der Waals surface area (Å²) in [4.78, 5) is 21.9. The standard InChI is InChI=1S/C35H43N5O4S/c1-26(23-27(2)38-19-21-39(22-20-38)35(41)44-25-30-13-7-5-8-14-30)36-29(4)37-28(3)33-24-40(34-18-12-11-17-32(33)34)45(42,43)31-15-9-6-10-16-31/h5-10,12-16,18,24,26-27H,3,11,17,19-23,25H2,1-2,4H3,(H,36,37). The van der Waals surface area contributed by atoms with Gasteiger partial charge in [-0.3, -0.25) is 9.89 Å². The molecule has 0 bridgehead atoms. The third-order valence-corrected chi connectivity index (χ3v) is 10.1. The molecule has 1 saturated heterocycles. The van der Waals surface area contributed by atoms with Crippen LogP contribution < -0.4 is 5.32 Å². The summed E-state index contributed by atoms with van der Waals surface area (Å²) in [7, 11) is -3.75. The highest BCUT2D eigenvalue weighted by Gasteiger charge is 2.27. The molecule has 2 unspecified atom stereocenters. The molecule has 2 aliphatic rings. The number of rotatable bonds is 10. The maximum atomic E-state index is 13.5. The maximum Gasteiger partial charge on any atom is 0.410 e. The van der Waals surface area contributed by atoms with E-state index in [0.717, 1.165) is 54.9 Å². The van der Waals surface area contributed by atoms with Crippen molar-refractivity contribution in [3.05, 3.63) is 102 Å². The van der Waals surface area contributed by atoms with E-state index in [0.29, 0.717) is 30.5 Å². The number of aliphatic imine (C=N–C) groups is 1. The Balaban J connectivity index is 1.15. The second kappa shape index (κ2) is 14.3. The first-order valence-corrected chi connectivity index (χ1v) is 17.0. The van der Waals surface area contributed by atoms with Gasteiger partial charge in [-0.1, -0.05) is 61.2 Å². The van der Waals surface area contributed by atoms with Crippen molar-refractivity contribution in [1.82, 2.24) is 19.1 Å². The minimum Gasteiger partial charge on any atom is -0.445 e. The second-order valence-corrected chi connectivity index (χ2v) is 13.6. The highest BCUT2D eigenvalue weighted by molar-refractivity contribution is 7.90. The van der Waals surface area contributed by atoms with E-state index in [1.165, 1.54) is 3.97 Å². The van der Waals surface area contributed by atoms with Gasteiger partial charge in [-0.25, -0.2) is 17.2 Å². The summed E-state index contributed by atoms with van der Waals surface area (Å²) >= 11 is 0. The van der Waals surface area contributed by atoms with Gasteiger partial charge in [0.1, 0.15) is 6.61 Å². The molecule has 1 aromatic heterocycles. The van der Waals surface area contributed by atoms with Crippen LogP contribution in [0.1, 0.15) is 56.0 Å². The van der Waals surface area contributed by atoms with E-state index >= 15 is 0 Å². The van der Waals surface area contributed by atoms with Gasteiger partial charge in [-0.05, 0) is 69.4 Å². The number of amides is 1. The summed E-state index contributed by atoms with van der Waals surface area (Å²) in [6.07, 6.45) is 7.73. The number of ether oxygens (including phenoxy) is 1. The number of nitrogens with zero attached hydrogens (tertiary/aromatic N) is 4. The average molecular weight is 630 g/mol. The Kier molecular flexibility index (Phi) is 10.2. The monoisotopic (exact) mass is 629 g/mol. The summed E-state index contributed by atoms with van der Waals surface area (Å²) < 4.78 is 33.9. The molecule has 0 radical (unpaired) electrons. The third kappa shape index (κ3) is 7.75. The quantitative estimate of drug-likeness (QED) is 0.226. The van der Waals surface area contributed by atoms with Crippen molar-refractivity contribution in [3.8, 4) is 0 Å². The molecule has 0 saturated carbocycles. The Hall–Kier alpha value is -4.15. The number of carbonyl (C=O) groups is 1. The van der Waals surface area contributed by atoms with Crippen LogP contribution in [0.2, 0.25) is 0 Å². The Morgan fingerprint density at radius 3 is 2.38 bits per heavy atom. The van der Waals surface area contributed by atoms with Gasteiger partial charge in [0.15, 0.2) is 0 Å². The molecule has 0 spiro atoms. The lowest BCUT2D eigenvalue weighted by Crippen LogP contribution is -2.51. The van der Waals surface area contributed by atoms with Crippen molar-refractivity contribution in [3.63, 3.8) is 0 Å². The molecular weight excluding hydrogens is 586 g/mol. The number of amidine groups is 1. The van der Waals surface area contributed by atoms with Crippen LogP contribution in [0.15, 0.2) is 89.4 Å². The molecule has 45 heavy (non-hydrogen) atoms. The van der Waals surface area contributed by atoms with Crippen molar-refractivity contribution in [2.75, 3.05) is 26.2 Å². The van der Waals surface area contributed by atoms with E-state index in [4.69, 9.17) is 9.73 Å². The number of allylic oxidation sites excluding steroid dienone is 1.